The minimum atomic E-state index is -0.00988. The number of fused-ring (bicyclic) bond motifs is 8. The van der Waals surface area contributed by atoms with E-state index in [2.05, 4.69) is 209 Å². The van der Waals surface area contributed by atoms with Crippen LogP contribution in [-0.4, -0.2) is 298 Å². The van der Waals surface area contributed by atoms with Crippen LogP contribution in [0, 0.1) is 51.4 Å². The maximum Gasteiger partial charge on any atom is 0.318 e. The standard InChI is InChI=1S/C30H39N7O2.C29H37ClN8O.2C24H27ClN6O/c1-5-27(38)36-11-13-37(14-12-36)29-23-15-20(3)22(28-19(2)8-9-25-24(28)17-31-34-25)16-26(23)32-30(33-29)39-18-21-7-6-10-35(21)4;1-6-26(39)36-7-9-37(10-8-36)28-21-11-17(2)20(27-18(3)23(30)13-25-22(27)14-31-34-25)12-24(21)32-29(33-28)38-15-19(16-38)35(4)5;1-4-22(32)30-5-7-31(8-6-30)24-17-9-14(2)16(10-20(17)26-13-27-24)23-15(3)19(25)11-21-18(23)12-28-29-21;1-4-21(32)30-5-7-31(8-6-30)24-17-9-14(2)16(11-19(17)26-13-27-24)22-18-12-28-29-20(18)10-15(3)23(22)25/h5,8-9,17,20-22H,1,6-7,10-16,18H2,2-4H3,(H,31,34);6,13-14,17,19-20H,1,7-12,15-16H2,2-5H3,(H,31,34);4,11-14,16H,1,5-10H2,2-3H3,(H,28,29);4,10,12-14,16H,1,5-9,11H2,2-3H3,(H,28,29)/t20-,21+,22-;17-,20-;2*14-,16-/m1111/s1. The summed E-state index contributed by atoms with van der Waals surface area (Å²) in [6.07, 6.45) is 25.9. The number of aromatic nitrogens is 16. The van der Waals surface area contributed by atoms with Gasteiger partial charge in [0.15, 0.2) is 0 Å². The van der Waals surface area contributed by atoms with Crippen LogP contribution in [0.2, 0.25) is 15.1 Å². The second-order valence-corrected chi connectivity index (χ2v) is 41.9. The number of likely N-dealkylation sites (N-methyl/N-ethyl adjacent to an activating group) is 2. The summed E-state index contributed by atoms with van der Waals surface area (Å²) in [5, 5.41) is 36.5. The topological polar surface area (TPSA) is 331 Å². The van der Waals surface area contributed by atoms with Gasteiger partial charge in [0.05, 0.1) is 58.2 Å². The van der Waals surface area contributed by atoms with E-state index in [1.807, 2.05) is 63.4 Å². The van der Waals surface area contributed by atoms with Gasteiger partial charge in [-0.15, -0.1) is 0 Å². The Labute approximate surface area is 844 Å². The molecule has 4 aliphatic carbocycles. The number of hydrogen-bond acceptors (Lipinski definition) is 24. The second-order valence-electron chi connectivity index (χ2n) is 40.8. The Morgan fingerprint density at radius 3 is 1.22 bits per heavy atom. The number of aryl methyl sites for hydroxylation is 2. The highest BCUT2D eigenvalue weighted by atomic mass is 35.5. The molecule has 35 heteroatoms. The zero-order valence-corrected chi connectivity index (χ0v) is 85.7. The molecule has 142 heavy (non-hydrogen) atoms. The summed E-state index contributed by atoms with van der Waals surface area (Å²) in [6.45, 7) is 47.2. The molecule has 0 radical (unpaired) electrons. The number of aromatic amines is 4. The maximum absolute atomic E-state index is 12.2. The Kier molecular flexibility index (Phi) is 29.0. The van der Waals surface area contributed by atoms with Crippen molar-refractivity contribution < 1.29 is 23.9 Å². The summed E-state index contributed by atoms with van der Waals surface area (Å²) in [4.78, 5) is 111. The van der Waals surface area contributed by atoms with Crippen molar-refractivity contribution in [1.82, 2.24) is 110 Å². The van der Waals surface area contributed by atoms with E-state index in [9.17, 15) is 19.2 Å². The monoisotopic (exact) mass is 1980 g/mol. The Balaban J connectivity index is 0.000000121. The fourth-order valence-electron chi connectivity index (χ4n) is 23.7. The Hall–Kier alpha value is -12.5. The van der Waals surface area contributed by atoms with E-state index in [1.165, 1.54) is 86.2 Å². The van der Waals surface area contributed by atoms with Gasteiger partial charge in [-0.05, 0) is 260 Å². The molecule has 4 aromatic carbocycles. The van der Waals surface area contributed by atoms with E-state index >= 15 is 0 Å². The molecule has 12 aromatic rings. The molecule has 6 saturated heterocycles. The number of carbonyl (C=O) groups is 4. The van der Waals surface area contributed by atoms with Gasteiger partial charge in [0, 0.05) is 200 Å². The number of hydrogen-bond donors (Lipinski definition) is 4. The van der Waals surface area contributed by atoms with Crippen LogP contribution in [0.25, 0.3) is 43.6 Å². The average molecular weight is 1980 g/mol. The first-order valence-electron chi connectivity index (χ1n) is 50.3. The average Bonchev–Trinajstić information content (AvgIpc) is 1.29. The van der Waals surface area contributed by atoms with Crippen LogP contribution in [-0.2, 0) is 70.5 Å². The van der Waals surface area contributed by atoms with Crippen LogP contribution >= 0.6 is 34.8 Å². The minimum absolute atomic E-state index is 0.00530. The van der Waals surface area contributed by atoms with Crippen molar-refractivity contribution in [2.45, 2.75) is 155 Å². The lowest BCUT2D eigenvalue weighted by Gasteiger charge is -2.44. The number of halogens is 3. The van der Waals surface area contributed by atoms with Crippen LogP contribution in [0.5, 0.6) is 6.01 Å². The lowest BCUT2D eigenvalue weighted by atomic mass is 9.73. The van der Waals surface area contributed by atoms with E-state index in [1.54, 1.807) is 12.7 Å². The molecular formula is C107H130Cl3N27O5. The molecule has 14 heterocycles. The number of piperazine rings is 4. The molecule has 0 spiro atoms. The van der Waals surface area contributed by atoms with E-state index in [0.717, 1.165) is 252 Å². The predicted octanol–water partition coefficient (Wildman–Crippen LogP) is 14.2. The molecule has 744 valence electrons. The van der Waals surface area contributed by atoms with Gasteiger partial charge < -0.3 is 58.6 Å². The maximum atomic E-state index is 12.2. The van der Waals surface area contributed by atoms with Crippen molar-refractivity contribution in [2.75, 3.05) is 177 Å². The number of amides is 4. The molecule has 8 aromatic heterocycles. The highest BCUT2D eigenvalue weighted by molar-refractivity contribution is 6.33. The predicted molar refractivity (Wildman–Crippen MR) is 561 cm³/mol. The zero-order chi connectivity index (χ0) is 99.3. The number of carbonyl (C=O) groups excluding carboxylic acids is 4. The quantitative estimate of drug-likeness (QED) is 0.0615. The number of rotatable bonds is 17. The highest BCUT2D eigenvalue weighted by Crippen LogP contribution is 2.51. The van der Waals surface area contributed by atoms with Gasteiger partial charge in [-0.25, -0.2) is 24.9 Å². The van der Waals surface area contributed by atoms with Crippen molar-refractivity contribution in [3.05, 3.63) is 223 Å². The molecule has 6 aliphatic heterocycles. The van der Waals surface area contributed by atoms with Crippen LogP contribution in [0.3, 0.4) is 0 Å². The van der Waals surface area contributed by atoms with Gasteiger partial charge in [0.1, 0.15) is 42.5 Å². The molecule has 4 amide bonds. The Bertz CT molecular complexity index is 6600. The van der Waals surface area contributed by atoms with Crippen molar-refractivity contribution in [1.29, 1.82) is 0 Å². The van der Waals surface area contributed by atoms with Crippen molar-refractivity contribution >= 4 is 131 Å². The number of ether oxygens (including phenoxy) is 1. The highest BCUT2D eigenvalue weighted by Gasteiger charge is 2.43. The van der Waals surface area contributed by atoms with Crippen molar-refractivity contribution in [2.24, 2.45) is 23.7 Å². The van der Waals surface area contributed by atoms with Gasteiger partial charge in [-0.3, -0.25) is 39.6 Å². The second kappa shape index (κ2) is 41.8. The van der Waals surface area contributed by atoms with Crippen molar-refractivity contribution in [3.8, 4) is 6.01 Å². The minimum Gasteiger partial charge on any atom is -0.462 e. The van der Waals surface area contributed by atoms with Crippen LogP contribution < -0.4 is 29.2 Å². The first-order chi connectivity index (χ1) is 68.6. The molecule has 32 nitrogen and oxygen atoms in total. The summed E-state index contributed by atoms with van der Waals surface area (Å²) < 4.78 is 6.30. The smallest absolute Gasteiger partial charge is 0.318 e. The number of nitrogens with one attached hydrogen (secondary N) is 4. The number of H-pyrrole nitrogens is 4. The zero-order valence-electron chi connectivity index (χ0n) is 83.4. The lowest BCUT2D eigenvalue weighted by molar-refractivity contribution is -0.127. The van der Waals surface area contributed by atoms with Crippen LogP contribution in [0.1, 0.15) is 154 Å². The number of benzene rings is 4. The molecule has 4 N–H and O–H groups in total. The number of nitrogens with zero attached hydrogens (tertiary/aromatic N) is 23. The van der Waals surface area contributed by atoms with Gasteiger partial charge in [-0.1, -0.05) is 94.9 Å². The molecule has 0 unspecified atom stereocenters. The first-order valence-corrected chi connectivity index (χ1v) is 51.4. The van der Waals surface area contributed by atoms with Crippen LogP contribution in [0.15, 0.2) is 118 Å². The summed E-state index contributed by atoms with van der Waals surface area (Å²) in [5.74, 6) is 7.60. The molecular weight excluding hydrogens is 1850 g/mol. The molecule has 6 fully saturated rings. The fourth-order valence-corrected chi connectivity index (χ4v) is 24.4. The summed E-state index contributed by atoms with van der Waals surface area (Å²) >= 11 is 20.1. The third-order valence-corrected chi connectivity index (χ3v) is 33.4. The number of anilines is 5. The van der Waals surface area contributed by atoms with E-state index in [0.29, 0.717) is 113 Å². The van der Waals surface area contributed by atoms with Gasteiger partial charge in [-0.2, -0.15) is 35.3 Å². The van der Waals surface area contributed by atoms with Gasteiger partial charge in [0.2, 0.25) is 29.6 Å². The summed E-state index contributed by atoms with van der Waals surface area (Å²) in [6, 6.07) is 11.7. The third-order valence-electron chi connectivity index (χ3n) is 32.1. The summed E-state index contributed by atoms with van der Waals surface area (Å²) in [5.41, 5.74) is 23.1. The normalized spacial score (nSPS) is 22.0. The van der Waals surface area contributed by atoms with E-state index in [-0.39, 0.29) is 35.5 Å². The number of likely N-dealkylation sites (tertiary alicyclic amines) is 1. The first kappa shape index (κ1) is 98.3. The SMILES string of the molecule is C=CC(=O)N1CCN(c2nc(N3CC(N(C)C)C3)nc3c2C[C@@H](C)[C@H](c2c(C)c(Cl)cc4[nH]ncc24)C3)CC1.C=CC(=O)N1CCN(c2nc(OC[C@@H]3CCCN3C)nc3c2C[C@@H](C)[C@H](c2c(C)ccc4[nH]ncc24)C3)CC1.C=CC(=O)N1CCN(c2ncnc3c2C[C@@H](C)[C@H](c2c(C)c(Cl)cc4[nH]ncc24)C3)CC1.C=CC(=O)N1CCN(c2ncnc3c2C[C@@H](C)[C@H](c2c(Cl)c(C)cc4[nH]ncc24)C3)CC1. The van der Waals surface area contributed by atoms with Gasteiger partial charge >= 0.3 is 6.01 Å². The molecule has 0 saturated carbocycles. The fraction of sp³-hybridized carbons (Fsp3) is 0.477. The molecule has 10 aliphatic rings. The lowest BCUT2D eigenvalue weighted by Crippen LogP contribution is -2.58. The van der Waals surface area contributed by atoms with E-state index < -0.39 is 0 Å². The third kappa shape index (κ3) is 19.5. The summed E-state index contributed by atoms with van der Waals surface area (Å²) in [7, 11) is 6.41. The largest absolute Gasteiger partial charge is 0.462 e. The Morgan fingerprint density at radius 2 is 0.796 bits per heavy atom. The molecule has 9 atom stereocenters. The van der Waals surface area contributed by atoms with Crippen LogP contribution in [0.4, 0.5) is 29.2 Å². The Morgan fingerprint density at radius 1 is 0.423 bits per heavy atom. The molecule has 0 bridgehead atoms. The van der Waals surface area contributed by atoms with Gasteiger partial charge in [0.25, 0.3) is 0 Å². The molecule has 22 rings (SSSR count). The van der Waals surface area contributed by atoms with E-state index in [4.69, 9.17) is 59.5 Å². The van der Waals surface area contributed by atoms with Crippen molar-refractivity contribution in [3.63, 3.8) is 0 Å².